The molecule has 4 heteroatoms. The fourth-order valence-corrected chi connectivity index (χ4v) is 2.35. The third kappa shape index (κ3) is 3.60. The Bertz CT molecular complexity index is 608. The highest BCUT2D eigenvalue weighted by atomic mass is 16.6. The van der Waals surface area contributed by atoms with Gasteiger partial charge in [-0.2, -0.15) is 0 Å². The number of aryl methyl sites for hydroxylation is 1. The molecule has 0 saturated heterocycles. The fourth-order valence-electron chi connectivity index (χ4n) is 2.35. The van der Waals surface area contributed by atoms with Gasteiger partial charge in [-0.05, 0) is 30.0 Å². The smallest absolute Gasteiger partial charge is 0.292 e. The number of nitrogens with one attached hydrogen (secondary N) is 1. The van der Waals surface area contributed by atoms with Crippen LogP contribution in [0.3, 0.4) is 0 Å². The monoisotopic (exact) mass is 284 g/mol. The van der Waals surface area contributed by atoms with Crippen LogP contribution in [-0.2, 0) is 6.42 Å². The molecule has 0 aliphatic heterocycles. The van der Waals surface area contributed by atoms with E-state index >= 15 is 0 Å². The highest BCUT2D eigenvalue weighted by Gasteiger charge is 2.16. The van der Waals surface area contributed by atoms with E-state index in [0.717, 1.165) is 18.4 Å². The quantitative estimate of drug-likeness (QED) is 0.616. The van der Waals surface area contributed by atoms with Crippen molar-refractivity contribution in [2.75, 3.05) is 5.32 Å². The second-order valence-electron chi connectivity index (χ2n) is 4.97. The van der Waals surface area contributed by atoms with Gasteiger partial charge < -0.3 is 5.32 Å². The first-order chi connectivity index (χ1) is 10.2. The van der Waals surface area contributed by atoms with Crippen LogP contribution in [-0.4, -0.2) is 4.92 Å². The SMILES string of the molecule is CCc1ccc(C(CC)Nc2ccccc2[N+](=O)[O-])cc1. The van der Waals surface area contributed by atoms with E-state index in [4.69, 9.17) is 0 Å². The molecule has 0 spiro atoms. The summed E-state index contributed by atoms with van der Waals surface area (Å²) in [6.45, 7) is 4.19. The lowest BCUT2D eigenvalue weighted by atomic mass is 10.0. The topological polar surface area (TPSA) is 55.2 Å². The van der Waals surface area contributed by atoms with Crippen molar-refractivity contribution < 1.29 is 4.92 Å². The predicted octanol–water partition coefficient (Wildman–Crippen LogP) is 4.72. The molecule has 1 atom stereocenters. The van der Waals surface area contributed by atoms with Crippen molar-refractivity contribution in [3.05, 3.63) is 69.8 Å². The maximum atomic E-state index is 11.1. The molecule has 0 aliphatic rings. The van der Waals surface area contributed by atoms with E-state index in [1.165, 1.54) is 11.6 Å². The van der Waals surface area contributed by atoms with Crippen LogP contribution < -0.4 is 5.32 Å². The van der Waals surface area contributed by atoms with Gasteiger partial charge in [0.1, 0.15) is 5.69 Å². The lowest BCUT2D eigenvalue weighted by Gasteiger charge is -2.19. The Kier molecular flexibility index (Phi) is 4.93. The van der Waals surface area contributed by atoms with E-state index in [1.807, 2.05) is 6.07 Å². The first-order valence-electron chi connectivity index (χ1n) is 7.24. The third-order valence-electron chi connectivity index (χ3n) is 3.63. The average Bonchev–Trinajstić information content (AvgIpc) is 2.53. The minimum absolute atomic E-state index is 0.0667. The summed E-state index contributed by atoms with van der Waals surface area (Å²) in [6, 6.07) is 15.2. The van der Waals surface area contributed by atoms with Gasteiger partial charge in [0.05, 0.1) is 11.0 Å². The maximum Gasteiger partial charge on any atom is 0.292 e. The van der Waals surface area contributed by atoms with Crippen LogP contribution in [0.2, 0.25) is 0 Å². The molecule has 1 N–H and O–H groups in total. The molecule has 0 aromatic heterocycles. The van der Waals surface area contributed by atoms with Crippen LogP contribution in [0.25, 0.3) is 0 Å². The van der Waals surface area contributed by atoms with E-state index < -0.39 is 0 Å². The number of para-hydroxylation sites is 2. The molecule has 110 valence electrons. The number of rotatable bonds is 6. The molecule has 0 amide bonds. The molecule has 21 heavy (non-hydrogen) atoms. The van der Waals surface area contributed by atoms with E-state index in [2.05, 4.69) is 43.4 Å². The number of anilines is 1. The van der Waals surface area contributed by atoms with Gasteiger partial charge in [-0.1, -0.05) is 50.2 Å². The Morgan fingerprint density at radius 3 is 2.33 bits per heavy atom. The molecule has 0 aliphatic carbocycles. The van der Waals surface area contributed by atoms with Gasteiger partial charge in [0, 0.05) is 6.07 Å². The zero-order chi connectivity index (χ0) is 15.2. The Hall–Kier alpha value is -2.36. The third-order valence-corrected chi connectivity index (χ3v) is 3.63. The van der Waals surface area contributed by atoms with Crippen molar-refractivity contribution in [1.82, 2.24) is 0 Å². The summed E-state index contributed by atoms with van der Waals surface area (Å²) in [5.74, 6) is 0. The zero-order valence-corrected chi connectivity index (χ0v) is 12.4. The number of nitro groups is 1. The molecule has 0 bridgehead atoms. The molecule has 0 fully saturated rings. The number of nitro benzene ring substituents is 1. The summed E-state index contributed by atoms with van der Waals surface area (Å²) in [5.41, 5.74) is 3.11. The zero-order valence-electron chi connectivity index (χ0n) is 12.4. The van der Waals surface area contributed by atoms with Crippen molar-refractivity contribution in [3.63, 3.8) is 0 Å². The van der Waals surface area contributed by atoms with Gasteiger partial charge in [-0.3, -0.25) is 10.1 Å². The first-order valence-corrected chi connectivity index (χ1v) is 7.24. The van der Waals surface area contributed by atoms with Gasteiger partial charge >= 0.3 is 0 Å². The standard InChI is InChI=1S/C17H20N2O2/c1-3-13-9-11-14(12-10-13)15(4-2)18-16-7-5-6-8-17(16)19(20)21/h5-12,15,18H,3-4H2,1-2H3. The van der Waals surface area contributed by atoms with Crippen molar-refractivity contribution in [3.8, 4) is 0 Å². The summed E-state index contributed by atoms with van der Waals surface area (Å²) in [6.07, 6.45) is 1.87. The number of benzene rings is 2. The number of hydrogen-bond acceptors (Lipinski definition) is 3. The molecular weight excluding hydrogens is 264 g/mol. The largest absolute Gasteiger partial charge is 0.373 e. The van der Waals surface area contributed by atoms with Crippen molar-refractivity contribution in [1.29, 1.82) is 0 Å². The highest BCUT2D eigenvalue weighted by molar-refractivity contribution is 5.62. The van der Waals surface area contributed by atoms with Gasteiger partial charge in [0.2, 0.25) is 0 Å². The minimum atomic E-state index is -0.352. The fraction of sp³-hybridized carbons (Fsp3) is 0.294. The minimum Gasteiger partial charge on any atom is -0.373 e. The molecule has 4 nitrogen and oxygen atoms in total. The predicted molar refractivity (Wildman–Crippen MR) is 85.6 cm³/mol. The average molecular weight is 284 g/mol. The van der Waals surface area contributed by atoms with Crippen LogP contribution in [0.1, 0.15) is 37.4 Å². The number of nitrogens with zero attached hydrogens (tertiary/aromatic N) is 1. The lowest BCUT2D eigenvalue weighted by molar-refractivity contribution is -0.384. The van der Waals surface area contributed by atoms with Crippen LogP contribution in [0.5, 0.6) is 0 Å². The van der Waals surface area contributed by atoms with Gasteiger partial charge in [-0.25, -0.2) is 0 Å². The van der Waals surface area contributed by atoms with Crippen molar-refractivity contribution in [2.45, 2.75) is 32.7 Å². The molecule has 1 unspecified atom stereocenters. The maximum absolute atomic E-state index is 11.1. The van der Waals surface area contributed by atoms with Gasteiger partial charge in [0.15, 0.2) is 0 Å². The molecule has 0 radical (unpaired) electrons. The second kappa shape index (κ2) is 6.88. The van der Waals surface area contributed by atoms with Crippen LogP contribution in [0.15, 0.2) is 48.5 Å². The Morgan fingerprint density at radius 1 is 1.10 bits per heavy atom. The van der Waals surface area contributed by atoms with Gasteiger partial charge in [-0.15, -0.1) is 0 Å². The summed E-state index contributed by atoms with van der Waals surface area (Å²) in [5, 5.41) is 14.4. The van der Waals surface area contributed by atoms with E-state index in [-0.39, 0.29) is 16.7 Å². The van der Waals surface area contributed by atoms with Crippen LogP contribution >= 0.6 is 0 Å². The summed E-state index contributed by atoms with van der Waals surface area (Å²) < 4.78 is 0. The molecule has 0 heterocycles. The molecular formula is C17H20N2O2. The molecule has 2 rings (SSSR count). The normalized spacial score (nSPS) is 11.9. The van der Waals surface area contributed by atoms with Crippen LogP contribution in [0.4, 0.5) is 11.4 Å². The Morgan fingerprint density at radius 2 is 1.76 bits per heavy atom. The molecule has 2 aromatic rings. The van der Waals surface area contributed by atoms with E-state index in [9.17, 15) is 10.1 Å². The van der Waals surface area contributed by atoms with Crippen molar-refractivity contribution in [2.24, 2.45) is 0 Å². The number of hydrogen-bond donors (Lipinski definition) is 1. The summed E-state index contributed by atoms with van der Waals surface area (Å²) in [7, 11) is 0. The molecule has 0 saturated carbocycles. The molecule has 2 aromatic carbocycles. The first kappa shape index (κ1) is 15.0. The second-order valence-corrected chi connectivity index (χ2v) is 4.97. The van der Waals surface area contributed by atoms with Gasteiger partial charge in [0.25, 0.3) is 5.69 Å². The summed E-state index contributed by atoms with van der Waals surface area (Å²) in [4.78, 5) is 10.7. The van der Waals surface area contributed by atoms with Crippen molar-refractivity contribution >= 4 is 11.4 Å². The lowest BCUT2D eigenvalue weighted by Crippen LogP contribution is -2.11. The Labute approximate surface area is 125 Å². The van der Waals surface area contributed by atoms with E-state index in [1.54, 1.807) is 12.1 Å². The van der Waals surface area contributed by atoms with E-state index in [0.29, 0.717) is 5.69 Å². The Balaban J connectivity index is 2.24. The highest BCUT2D eigenvalue weighted by Crippen LogP contribution is 2.29. The van der Waals surface area contributed by atoms with Crippen LogP contribution in [0, 0.1) is 10.1 Å². The summed E-state index contributed by atoms with van der Waals surface area (Å²) >= 11 is 0.